The highest BCUT2D eigenvalue weighted by atomic mass is 16.6. The second-order valence-electron chi connectivity index (χ2n) is 9.03. The fraction of sp³-hybridized carbons (Fsp3) is 0.286. The van der Waals surface area contributed by atoms with E-state index in [1.807, 2.05) is 37.3 Å². The van der Waals surface area contributed by atoms with Gasteiger partial charge in [0.25, 0.3) is 0 Å². The van der Waals surface area contributed by atoms with Crippen molar-refractivity contribution in [3.63, 3.8) is 0 Å². The SMILES string of the molecule is C=CCOC(=O)N1CC[C@H](C(=O)Nc2ccc(OCc3cc(C)nc4ccccc34)cc2)[C@@H](C(=O)NO)C1. The molecule has 1 aromatic heterocycles. The van der Waals surface area contributed by atoms with E-state index in [-0.39, 0.29) is 32.0 Å². The van der Waals surface area contributed by atoms with Crippen molar-refractivity contribution in [3.8, 4) is 5.75 Å². The van der Waals surface area contributed by atoms with Crippen LogP contribution in [0, 0.1) is 18.8 Å². The number of para-hydroxylation sites is 1. The molecule has 3 N–H and O–H groups in total. The molecule has 1 saturated heterocycles. The number of rotatable bonds is 8. The number of hydrogen-bond acceptors (Lipinski definition) is 7. The Morgan fingerprint density at radius 2 is 1.89 bits per heavy atom. The lowest BCUT2D eigenvalue weighted by molar-refractivity contribution is -0.141. The molecule has 2 atom stereocenters. The fourth-order valence-electron chi connectivity index (χ4n) is 4.55. The van der Waals surface area contributed by atoms with Crippen LogP contribution in [-0.2, 0) is 20.9 Å². The summed E-state index contributed by atoms with van der Waals surface area (Å²) in [5.74, 6) is -2.18. The highest BCUT2D eigenvalue weighted by Crippen LogP contribution is 2.27. The van der Waals surface area contributed by atoms with Crippen LogP contribution in [0.5, 0.6) is 5.75 Å². The summed E-state index contributed by atoms with van der Waals surface area (Å²) in [6.07, 6.45) is 1.06. The number of amides is 3. The fourth-order valence-corrected chi connectivity index (χ4v) is 4.55. The summed E-state index contributed by atoms with van der Waals surface area (Å²) in [4.78, 5) is 43.4. The van der Waals surface area contributed by atoms with Crippen molar-refractivity contribution in [2.24, 2.45) is 11.8 Å². The molecule has 1 aliphatic heterocycles. The van der Waals surface area contributed by atoms with Crippen LogP contribution in [0.1, 0.15) is 17.7 Å². The molecule has 2 heterocycles. The number of aromatic nitrogens is 1. The number of nitrogens with zero attached hydrogens (tertiary/aromatic N) is 2. The van der Waals surface area contributed by atoms with Gasteiger partial charge in [-0.15, -0.1) is 0 Å². The van der Waals surface area contributed by atoms with Crippen molar-refractivity contribution in [3.05, 3.63) is 78.5 Å². The number of ether oxygens (including phenoxy) is 2. The van der Waals surface area contributed by atoms with Gasteiger partial charge in [0.15, 0.2) is 0 Å². The Labute approximate surface area is 220 Å². The Morgan fingerprint density at radius 3 is 2.63 bits per heavy atom. The maximum absolute atomic E-state index is 13.0. The van der Waals surface area contributed by atoms with Crippen molar-refractivity contribution in [2.75, 3.05) is 25.0 Å². The average Bonchev–Trinajstić information content (AvgIpc) is 2.94. The largest absolute Gasteiger partial charge is 0.489 e. The first-order chi connectivity index (χ1) is 18.4. The molecule has 4 rings (SSSR count). The van der Waals surface area contributed by atoms with E-state index in [1.54, 1.807) is 29.7 Å². The first kappa shape index (κ1) is 26.6. The second kappa shape index (κ2) is 12.2. The van der Waals surface area contributed by atoms with Crippen molar-refractivity contribution < 1.29 is 29.1 Å². The van der Waals surface area contributed by atoms with E-state index in [2.05, 4.69) is 16.9 Å². The molecule has 0 radical (unpaired) electrons. The quantitative estimate of drug-likeness (QED) is 0.235. The average molecular weight is 519 g/mol. The van der Waals surface area contributed by atoms with Gasteiger partial charge in [0.1, 0.15) is 19.0 Å². The van der Waals surface area contributed by atoms with Gasteiger partial charge in [0, 0.05) is 35.4 Å². The first-order valence-electron chi connectivity index (χ1n) is 12.2. The molecule has 1 aliphatic rings. The molecule has 38 heavy (non-hydrogen) atoms. The third kappa shape index (κ3) is 6.27. The highest BCUT2D eigenvalue weighted by molar-refractivity contribution is 5.96. The van der Waals surface area contributed by atoms with Gasteiger partial charge in [-0.1, -0.05) is 30.9 Å². The third-order valence-corrected chi connectivity index (χ3v) is 6.43. The van der Waals surface area contributed by atoms with Gasteiger partial charge in [-0.2, -0.15) is 0 Å². The van der Waals surface area contributed by atoms with Gasteiger partial charge in [0.05, 0.1) is 17.4 Å². The summed E-state index contributed by atoms with van der Waals surface area (Å²) in [7, 11) is 0. The number of hydrogen-bond donors (Lipinski definition) is 3. The number of anilines is 1. The number of aryl methyl sites for hydroxylation is 1. The molecule has 0 bridgehead atoms. The van der Waals surface area contributed by atoms with E-state index in [0.29, 0.717) is 18.0 Å². The topological polar surface area (TPSA) is 130 Å². The van der Waals surface area contributed by atoms with E-state index in [0.717, 1.165) is 22.2 Å². The van der Waals surface area contributed by atoms with Crippen LogP contribution in [0.3, 0.4) is 0 Å². The molecule has 10 heteroatoms. The highest BCUT2D eigenvalue weighted by Gasteiger charge is 2.40. The van der Waals surface area contributed by atoms with Crippen LogP contribution in [0.2, 0.25) is 0 Å². The Bertz CT molecular complexity index is 1330. The molecule has 0 unspecified atom stereocenters. The molecule has 10 nitrogen and oxygen atoms in total. The maximum atomic E-state index is 13.0. The summed E-state index contributed by atoms with van der Waals surface area (Å²) in [6, 6.07) is 16.8. The number of piperidine rings is 1. The first-order valence-corrected chi connectivity index (χ1v) is 12.2. The number of nitrogens with one attached hydrogen (secondary N) is 2. The predicted molar refractivity (Wildman–Crippen MR) is 141 cm³/mol. The number of pyridine rings is 1. The second-order valence-corrected chi connectivity index (χ2v) is 9.03. The summed E-state index contributed by atoms with van der Waals surface area (Å²) in [6.45, 7) is 6.02. The van der Waals surface area contributed by atoms with Crippen LogP contribution in [0.25, 0.3) is 10.9 Å². The van der Waals surface area contributed by atoms with E-state index < -0.39 is 23.8 Å². The van der Waals surface area contributed by atoms with Crippen molar-refractivity contribution in [1.29, 1.82) is 0 Å². The third-order valence-electron chi connectivity index (χ3n) is 6.43. The Morgan fingerprint density at radius 1 is 1.13 bits per heavy atom. The number of hydroxylamine groups is 1. The molecular formula is C28H30N4O6. The predicted octanol–water partition coefficient (Wildman–Crippen LogP) is 3.83. The smallest absolute Gasteiger partial charge is 0.410 e. The zero-order valence-electron chi connectivity index (χ0n) is 21.1. The standard InChI is InChI=1S/C28H30N4O6/c1-3-14-37-28(35)32-13-12-23(24(16-32)27(34)31-36)26(33)30-20-8-10-21(11-9-20)38-17-19-15-18(2)29-25-7-5-4-6-22(19)25/h3-11,15,23-24,36H,1,12-14,16-17H2,2H3,(H,30,33)(H,31,34)/t23-,24-/m0/s1. The van der Waals surface area contributed by atoms with Crippen molar-refractivity contribution >= 4 is 34.5 Å². The van der Waals surface area contributed by atoms with Crippen molar-refractivity contribution in [1.82, 2.24) is 15.4 Å². The number of benzene rings is 2. The van der Waals surface area contributed by atoms with E-state index in [9.17, 15) is 19.6 Å². The normalized spacial score (nSPS) is 16.9. The van der Waals surface area contributed by atoms with E-state index >= 15 is 0 Å². The summed E-state index contributed by atoms with van der Waals surface area (Å²) in [5.41, 5.74) is 4.98. The lowest BCUT2D eigenvalue weighted by atomic mass is 9.84. The zero-order valence-corrected chi connectivity index (χ0v) is 21.1. The molecule has 0 saturated carbocycles. The van der Waals surface area contributed by atoms with Gasteiger partial charge in [0.2, 0.25) is 11.8 Å². The maximum Gasteiger partial charge on any atom is 0.410 e. The minimum absolute atomic E-state index is 0.0363. The minimum Gasteiger partial charge on any atom is -0.489 e. The van der Waals surface area contributed by atoms with Crippen LogP contribution in [-0.4, -0.2) is 52.7 Å². The molecule has 0 spiro atoms. The van der Waals surface area contributed by atoms with Gasteiger partial charge < -0.3 is 19.7 Å². The van der Waals surface area contributed by atoms with Gasteiger partial charge in [-0.05, 0) is 49.7 Å². The molecule has 3 aromatic rings. The minimum atomic E-state index is -0.939. The zero-order chi connectivity index (χ0) is 27.1. The van der Waals surface area contributed by atoms with E-state index in [4.69, 9.17) is 9.47 Å². The Hall–Kier alpha value is -4.44. The van der Waals surface area contributed by atoms with Crippen LogP contribution in [0.4, 0.5) is 10.5 Å². The van der Waals surface area contributed by atoms with Gasteiger partial charge in [-0.3, -0.25) is 19.8 Å². The van der Waals surface area contributed by atoms with Crippen LogP contribution in [0.15, 0.2) is 67.3 Å². The summed E-state index contributed by atoms with van der Waals surface area (Å²) in [5, 5.41) is 13.0. The molecule has 0 aliphatic carbocycles. The van der Waals surface area contributed by atoms with Gasteiger partial charge >= 0.3 is 6.09 Å². The Balaban J connectivity index is 1.38. The molecule has 3 amide bonds. The molecule has 2 aromatic carbocycles. The lowest BCUT2D eigenvalue weighted by Gasteiger charge is -2.35. The number of carbonyl (C=O) groups is 3. The molecule has 198 valence electrons. The molecule has 1 fully saturated rings. The number of likely N-dealkylation sites (tertiary alicyclic amines) is 1. The van der Waals surface area contributed by atoms with Gasteiger partial charge in [-0.25, -0.2) is 10.3 Å². The lowest BCUT2D eigenvalue weighted by Crippen LogP contribution is -2.52. The van der Waals surface area contributed by atoms with E-state index in [1.165, 1.54) is 11.0 Å². The number of carbonyl (C=O) groups excluding carboxylic acids is 3. The monoisotopic (exact) mass is 518 g/mol. The van der Waals surface area contributed by atoms with Crippen LogP contribution < -0.4 is 15.5 Å². The Kier molecular flexibility index (Phi) is 8.55. The molecular weight excluding hydrogens is 488 g/mol. The number of fused-ring (bicyclic) bond motifs is 1. The van der Waals surface area contributed by atoms with Crippen LogP contribution >= 0.6 is 0 Å². The summed E-state index contributed by atoms with van der Waals surface area (Å²) < 4.78 is 11.0. The summed E-state index contributed by atoms with van der Waals surface area (Å²) >= 11 is 0. The van der Waals surface area contributed by atoms with Crippen molar-refractivity contribution in [2.45, 2.75) is 20.0 Å².